The summed E-state index contributed by atoms with van der Waals surface area (Å²) < 4.78 is 26.6. The SMILES string of the molecule is O=S1(=O)CC2(C=C(C3CCCCC3)C3CCCCC31)CCCCC2. The summed E-state index contributed by atoms with van der Waals surface area (Å²) in [4.78, 5) is 0. The number of allylic oxidation sites excluding steroid dienone is 2. The van der Waals surface area contributed by atoms with E-state index in [1.807, 2.05) is 0 Å². The molecule has 1 aliphatic heterocycles. The second-order valence-electron chi connectivity index (χ2n) is 9.14. The predicted octanol–water partition coefficient (Wildman–Crippen LogP) is 5.43. The van der Waals surface area contributed by atoms with Crippen molar-refractivity contribution in [1.29, 1.82) is 0 Å². The Hall–Kier alpha value is -0.310. The molecule has 0 saturated heterocycles. The standard InChI is InChI=1S/C21H34O2S/c22-24(23)16-21(13-7-2-8-14-21)15-19(17-9-3-1-4-10-17)18-11-5-6-12-20(18)24/h15,17-18,20H,1-14,16H2. The first-order chi connectivity index (χ1) is 11.6. The van der Waals surface area contributed by atoms with E-state index < -0.39 is 9.84 Å². The van der Waals surface area contributed by atoms with Crippen LogP contribution in [0.15, 0.2) is 11.6 Å². The van der Waals surface area contributed by atoms with Crippen LogP contribution in [0.4, 0.5) is 0 Å². The second kappa shape index (κ2) is 6.78. The summed E-state index contributed by atoms with van der Waals surface area (Å²) in [5, 5.41) is -0.0549. The predicted molar refractivity (Wildman–Crippen MR) is 99.7 cm³/mol. The van der Waals surface area contributed by atoms with Crippen molar-refractivity contribution in [2.45, 2.75) is 95.1 Å². The molecule has 0 amide bonds. The van der Waals surface area contributed by atoms with E-state index in [0.717, 1.165) is 32.1 Å². The van der Waals surface area contributed by atoms with Crippen LogP contribution >= 0.6 is 0 Å². The fourth-order valence-corrected chi connectivity index (χ4v) is 9.03. The van der Waals surface area contributed by atoms with Crippen molar-refractivity contribution < 1.29 is 8.42 Å². The highest BCUT2D eigenvalue weighted by atomic mass is 32.2. The number of sulfone groups is 1. The summed E-state index contributed by atoms with van der Waals surface area (Å²) in [5.41, 5.74) is 1.60. The summed E-state index contributed by atoms with van der Waals surface area (Å²) in [5.74, 6) is 1.50. The van der Waals surface area contributed by atoms with Gasteiger partial charge in [0.2, 0.25) is 0 Å². The molecule has 2 atom stereocenters. The molecule has 0 N–H and O–H groups in total. The number of hydrogen-bond donors (Lipinski definition) is 0. The lowest BCUT2D eigenvalue weighted by Gasteiger charge is -2.36. The Balaban J connectivity index is 1.76. The van der Waals surface area contributed by atoms with Crippen molar-refractivity contribution in [3.63, 3.8) is 0 Å². The zero-order chi connectivity index (χ0) is 16.6. The Labute approximate surface area is 148 Å². The molecule has 0 aromatic heterocycles. The normalized spacial score (nSPS) is 36.6. The van der Waals surface area contributed by atoms with Gasteiger partial charge in [0.25, 0.3) is 0 Å². The van der Waals surface area contributed by atoms with Crippen LogP contribution in [0.25, 0.3) is 0 Å². The molecule has 24 heavy (non-hydrogen) atoms. The summed E-state index contributed by atoms with van der Waals surface area (Å²) in [7, 11) is -2.95. The van der Waals surface area contributed by atoms with Crippen LogP contribution in [-0.2, 0) is 9.84 Å². The molecule has 0 radical (unpaired) electrons. The van der Waals surface area contributed by atoms with Gasteiger partial charge < -0.3 is 0 Å². The molecule has 1 heterocycles. The van der Waals surface area contributed by atoms with Gasteiger partial charge in [0.15, 0.2) is 9.84 Å². The highest BCUT2D eigenvalue weighted by Crippen LogP contribution is 2.50. The average molecular weight is 351 g/mol. The minimum absolute atomic E-state index is 0.0127. The topological polar surface area (TPSA) is 34.1 Å². The summed E-state index contributed by atoms with van der Waals surface area (Å²) in [6.45, 7) is 0. The van der Waals surface area contributed by atoms with Gasteiger partial charge in [-0.05, 0) is 50.4 Å². The van der Waals surface area contributed by atoms with Crippen molar-refractivity contribution in [1.82, 2.24) is 0 Å². The Morgan fingerprint density at radius 1 is 0.792 bits per heavy atom. The molecule has 3 heteroatoms. The Kier molecular flexibility index (Phi) is 4.83. The van der Waals surface area contributed by atoms with Crippen LogP contribution in [0.2, 0.25) is 0 Å². The summed E-state index contributed by atoms with van der Waals surface area (Å²) >= 11 is 0. The smallest absolute Gasteiger partial charge is 0.154 e. The van der Waals surface area contributed by atoms with Crippen molar-refractivity contribution in [3.8, 4) is 0 Å². The van der Waals surface area contributed by atoms with Crippen molar-refractivity contribution in [3.05, 3.63) is 11.6 Å². The van der Waals surface area contributed by atoms with Gasteiger partial charge in [-0.25, -0.2) is 8.42 Å². The molecule has 0 aromatic rings. The zero-order valence-electron chi connectivity index (χ0n) is 15.1. The lowest BCUT2D eigenvalue weighted by molar-refractivity contribution is 0.280. The minimum atomic E-state index is -2.95. The molecule has 4 aliphatic rings. The maximum atomic E-state index is 13.3. The third-order valence-corrected chi connectivity index (χ3v) is 9.94. The van der Waals surface area contributed by atoms with E-state index in [4.69, 9.17) is 0 Å². The van der Waals surface area contributed by atoms with Gasteiger partial charge in [0.1, 0.15) is 0 Å². The molecule has 1 spiro atoms. The van der Waals surface area contributed by atoms with E-state index >= 15 is 0 Å². The van der Waals surface area contributed by atoms with Gasteiger partial charge in [0.05, 0.1) is 11.0 Å². The van der Waals surface area contributed by atoms with Crippen molar-refractivity contribution in [2.75, 3.05) is 5.75 Å². The molecule has 2 unspecified atom stereocenters. The minimum Gasteiger partial charge on any atom is -0.228 e. The quantitative estimate of drug-likeness (QED) is 0.591. The van der Waals surface area contributed by atoms with Crippen LogP contribution in [0.5, 0.6) is 0 Å². The fourth-order valence-electron chi connectivity index (χ4n) is 6.32. The van der Waals surface area contributed by atoms with E-state index in [-0.39, 0.29) is 10.7 Å². The van der Waals surface area contributed by atoms with Gasteiger partial charge in [-0.15, -0.1) is 0 Å². The molecular weight excluding hydrogens is 316 g/mol. The van der Waals surface area contributed by atoms with Crippen LogP contribution in [0, 0.1) is 17.3 Å². The molecule has 4 rings (SSSR count). The Bertz CT molecular complexity index is 577. The first kappa shape index (κ1) is 17.1. The molecule has 3 fully saturated rings. The summed E-state index contributed by atoms with van der Waals surface area (Å²) in [6.07, 6.45) is 19.6. The Morgan fingerprint density at radius 2 is 1.42 bits per heavy atom. The third kappa shape index (κ3) is 3.22. The average Bonchev–Trinajstić information content (AvgIpc) is 2.69. The maximum Gasteiger partial charge on any atom is 0.154 e. The molecule has 0 aromatic carbocycles. The first-order valence-electron chi connectivity index (χ1n) is 10.5. The molecule has 3 saturated carbocycles. The van der Waals surface area contributed by atoms with Gasteiger partial charge in [-0.2, -0.15) is 0 Å². The van der Waals surface area contributed by atoms with Crippen molar-refractivity contribution in [2.24, 2.45) is 17.3 Å². The van der Waals surface area contributed by atoms with Gasteiger partial charge in [0, 0.05) is 5.41 Å². The lowest BCUT2D eigenvalue weighted by Crippen LogP contribution is -2.38. The van der Waals surface area contributed by atoms with E-state index in [1.165, 1.54) is 57.8 Å². The van der Waals surface area contributed by atoms with Crippen LogP contribution < -0.4 is 0 Å². The molecule has 3 aliphatic carbocycles. The van der Waals surface area contributed by atoms with E-state index in [1.54, 1.807) is 5.57 Å². The number of fused-ring (bicyclic) bond motifs is 1. The Morgan fingerprint density at radius 3 is 2.17 bits per heavy atom. The highest BCUT2D eigenvalue weighted by molar-refractivity contribution is 7.92. The van der Waals surface area contributed by atoms with Crippen LogP contribution in [-0.4, -0.2) is 19.4 Å². The monoisotopic (exact) mass is 350 g/mol. The number of hydrogen-bond acceptors (Lipinski definition) is 2. The van der Waals surface area contributed by atoms with E-state index in [9.17, 15) is 8.42 Å². The molecular formula is C21H34O2S. The van der Waals surface area contributed by atoms with Gasteiger partial charge in [-0.3, -0.25) is 0 Å². The second-order valence-corrected chi connectivity index (χ2v) is 11.4. The lowest BCUT2D eigenvalue weighted by atomic mass is 9.68. The van der Waals surface area contributed by atoms with Gasteiger partial charge >= 0.3 is 0 Å². The van der Waals surface area contributed by atoms with E-state index in [0.29, 0.717) is 17.6 Å². The largest absolute Gasteiger partial charge is 0.228 e. The molecule has 2 nitrogen and oxygen atoms in total. The van der Waals surface area contributed by atoms with Crippen LogP contribution in [0.1, 0.15) is 89.9 Å². The maximum absolute atomic E-state index is 13.3. The first-order valence-corrected chi connectivity index (χ1v) is 12.3. The summed E-state index contributed by atoms with van der Waals surface area (Å²) in [6, 6.07) is 0. The molecule has 0 bridgehead atoms. The van der Waals surface area contributed by atoms with Gasteiger partial charge in [-0.1, -0.05) is 63.0 Å². The fraction of sp³-hybridized carbons (Fsp3) is 0.905. The molecule has 136 valence electrons. The van der Waals surface area contributed by atoms with E-state index in [2.05, 4.69) is 6.08 Å². The van der Waals surface area contributed by atoms with Crippen LogP contribution in [0.3, 0.4) is 0 Å². The number of rotatable bonds is 1. The van der Waals surface area contributed by atoms with Crippen molar-refractivity contribution >= 4 is 9.84 Å². The third-order valence-electron chi connectivity index (χ3n) is 7.48. The zero-order valence-corrected chi connectivity index (χ0v) is 16.0. The highest BCUT2D eigenvalue weighted by Gasteiger charge is 2.47.